The minimum Gasteiger partial charge on any atom is -0.389 e. The molecule has 1 fully saturated rings. The third-order valence-corrected chi connectivity index (χ3v) is 5.68. The van der Waals surface area contributed by atoms with Crippen molar-refractivity contribution in [2.45, 2.75) is 44.0 Å². The molecule has 1 aromatic rings. The SMILES string of the molecule is Cc1ccc(C(N)=S)cc1S(=O)(=O)NC1CCC(C)C1. The van der Waals surface area contributed by atoms with Gasteiger partial charge < -0.3 is 5.73 Å². The van der Waals surface area contributed by atoms with Crippen molar-refractivity contribution in [2.75, 3.05) is 0 Å². The van der Waals surface area contributed by atoms with E-state index >= 15 is 0 Å². The second-order valence-electron chi connectivity index (χ2n) is 5.58. The topological polar surface area (TPSA) is 72.2 Å². The second-order valence-corrected chi connectivity index (χ2v) is 7.70. The molecule has 0 aromatic heterocycles. The van der Waals surface area contributed by atoms with Gasteiger partial charge in [0.25, 0.3) is 0 Å². The Morgan fingerprint density at radius 2 is 2.10 bits per heavy atom. The number of sulfonamides is 1. The Labute approximate surface area is 125 Å². The molecule has 2 atom stereocenters. The van der Waals surface area contributed by atoms with Crippen LogP contribution in [0.1, 0.15) is 37.3 Å². The predicted molar refractivity (Wildman–Crippen MR) is 84.2 cm³/mol. The van der Waals surface area contributed by atoms with Gasteiger partial charge in [0.2, 0.25) is 10.0 Å². The number of benzene rings is 1. The van der Waals surface area contributed by atoms with Crippen LogP contribution < -0.4 is 10.5 Å². The molecular weight excluding hydrogens is 292 g/mol. The van der Waals surface area contributed by atoms with Gasteiger partial charge in [0.05, 0.1) is 4.90 Å². The zero-order valence-electron chi connectivity index (χ0n) is 11.7. The van der Waals surface area contributed by atoms with Gasteiger partial charge in [-0.2, -0.15) is 0 Å². The Bertz CT molecular complexity index is 626. The molecule has 0 amide bonds. The normalized spacial score (nSPS) is 22.9. The van der Waals surface area contributed by atoms with Crippen LogP contribution in [-0.2, 0) is 10.0 Å². The van der Waals surface area contributed by atoms with Crippen LogP contribution in [0, 0.1) is 12.8 Å². The third-order valence-electron chi connectivity index (χ3n) is 3.78. The highest BCUT2D eigenvalue weighted by Crippen LogP contribution is 2.26. The highest BCUT2D eigenvalue weighted by Gasteiger charge is 2.27. The van der Waals surface area contributed by atoms with Crippen molar-refractivity contribution in [1.29, 1.82) is 0 Å². The minimum atomic E-state index is -3.52. The molecule has 1 saturated carbocycles. The lowest BCUT2D eigenvalue weighted by molar-refractivity contribution is 0.538. The molecule has 0 radical (unpaired) electrons. The van der Waals surface area contributed by atoms with Gasteiger partial charge in [-0.25, -0.2) is 13.1 Å². The summed E-state index contributed by atoms with van der Waals surface area (Å²) in [4.78, 5) is 0.471. The van der Waals surface area contributed by atoms with E-state index in [0.29, 0.717) is 17.0 Å². The lowest BCUT2D eigenvalue weighted by atomic mass is 10.1. The quantitative estimate of drug-likeness (QED) is 0.835. The molecule has 2 rings (SSSR count). The summed E-state index contributed by atoms with van der Waals surface area (Å²) in [6, 6.07) is 5.07. The zero-order chi connectivity index (χ0) is 14.9. The van der Waals surface area contributed by atoms with Gasteiger partial charge >= 0.3 is 0 Å². The maximum absolute atomic E-state index is 12.5. The van der Waals surface area contributed by atoms with Gasteiger partial charge in [-0.1, -0.05) is 31.3 Å². The summed E-state index contributed by atoms with van der Waals surface area (Å²) in [7, 11) is -3.52. The summed E-state index contributed by atoms with van der Waals surface area (Å²) in [6.07, 6.45) is 2.86. The average Bonchev–Trinajstić information content (AvgIpc) is 2.73. The van der Waals surface area contributed by atoms with Crippen molar-refractivity contribution in [3.05, 3.63) is 29.3 Å². The molecule has 3 N–H and O–H groups in total. The van der Waals surface area contributed by atoms with Crippen LogP contribution in [0.5, 0.6) is 0 Å². The molecule has 0 saturated heterocycles. The van der Waals surface area contributed by atoms with Crippen LogP contribution in [0.2, 0.25) is 0 Å². The molecule has 2 unspecified atom stereocenters. The largest absolute Gasteiger partial charge is 0.389 e. The van der Waals surface area contributed by atoms with Crippen LogP contribution >= 0.6 is 12.2 Å². The standard InChI is InChI=1S/C14H20N2O2S2/c1-9-3-6-12(7-9)16-20(17,18)13-8-11(14(15)19)5-4-10(13)2/h4-5,8-9,12,16H,3,6-7H2,1-2H3,(H2,15,19). The number of nitrogens with one attached hydrogen (secondary N) is 1. The first-order valence-electron chi connectivity index (χ1n) is 6.72. The van der Waals surface area contributed by atoms with Gasteiger partial charge in [-0.3, -0.25) is 0 Å². The van der Waals surface area contributed by atoms with E-state index in [2.05, 4.69) is 11.6 Å². The van der Waals surface area contributed by atoms with Crippen molar-refractivity contribution in [2.24, 2.45) is 11.7 Å². The fraction of sp³-hybridized carbons (Fsp3) is 0.500. The van der Waals surface area contributed by atoms with Gasteiger partial charge in [0, 0.05) is 11.6 Å². The Kier molecular flexibility index (Phi) is 4.46. The summed E-state index contributed by atoms with van der Waals surface area (Å²) >= 11 is 4.91. The number of thiocarbonyl (C=S) groups is 1. The maximum Gasteiger partial charge on any atom is 0.241 e. The number of aryl methyl sites for hydroxylation is 1. The van der Waals surface area contributed by atoms with Crippen molar-refractivity contribution in [1.82, 2.24) is 4.72 Å². The molecule has 0 aliphatic heterocycles. The molecule has 6 heteroatoms. The van der Waals surface area contributed by atoms with Crippen molar-refractivity contribution in [3.63, 3.8) is 0 Å². The van der Waals surface area contributed by atoms with E-state index in [1.807, 2.05) is 0 Å². The molecule has 1 aliphatic carbocycles. The monoisotopic (exact) mass is 312 g/mol. The first kappa shape index (κ1) is 15.4. The van der Waals surface area contributed by atoms with Crippen LogP contribution in [0.15, 0.2) is 23.1 Å². The van der Waals surface area contributed by atoms with E-state index in [1.165, 1.54) is 0 Å². The summed E-state index contributed by atoms with van der Waals surface area (Å²) < 4.78 is 27.8. The van der Waals surface area contributed by atoms with Crippen molar-refractivity contribution < 1.29 is 8.42 Å². The second kappa shape index (κ2) is 5.79. The minimum absolute atomic E-state index is 0.0304. The van der Waals surface area contributed by atoms with Crippen LogP contribution in [0.4, 0.5) is 0 Å². The molecule has 1 aromatic carbocycles. The van der Waals surface area contributed by atoms with Crippen molar-refractivity contribution >= 4 is 27.2 Å². The molecule has 20 heavy (non-hydrogen) atoms. The van der Waals surface area contributed by atoms with E-state index in [9.17, 15) is 8.42 Å². The van der Waals surface area contributed by atoms with E-state index in [4.69, 9.17) is 18.0 Å². The first-order chi connectivity index (χ1) is 9.29. The van der Waals surface area contributed by atoms with E-state index in [0.717, 1.165) is 19.3 Å². The Morgan fingerprint density at radius 1 is 1.40 bits per heavy atom. The Balaban J connectivity index is 2.29. The van der Waals surface area contributed by atoms with Crippen molar-refractivity contribution in [3.8, 4) is 0 Å². The van der Waals surface area contributed by atoms with Gasteiger partial charge in [-0.15, -0.1) is 0 Å². The fourth-order valence-electron chi connectivity index (χ4n) is 2.64. The molecule has 0 bridgehead atoms. The lowest BCUT2D eigenvalue weighted by Gasteiger charge is -2.15. The van der Waals surface area contributed by atoms with Crippen LogP contribution in [0.3, 0.4) is 0 Å². The highest BCUT2D eigenvalue weighted by molar-refractivity contribution is 7.89. The summed E-state index contributed by atoms with van der Waals surface area (Å²) in [6.45, 7) is 3.92. The predicted octanol–water partition coefficient (Wildman–Crippen LogP) is 2.10. The van der Waals surface area contributed by atoms with Crippen LogP contribution in [-0.4, -0.2) is 19.4 Å². The smallest absolute Gasteiger partial charge is 0.241 e. The zero-order valence-corrected chi connectivity index (χ0v) is 13.4. The Hall–Kier alpha value is -0.980. The summed E-state index contributed by atoms with van der Waals surface area (Å²) in [5.74, 6) is 0.576. The summed E-state index contributed by atoms with van der Waals surface area (Å²) in [5, 5.41) is 0. The highest BCUT2D eigenvalue weighted by atomic mass is 32.2. The molecule has 110 valence electrons. The van der Waals surface area contributed by atoms with Gasteiger partial charge in [-0.05, 0) is 43.7 Å². The number of rotatable bonds is 4. The van der Waals surface area contributed by atoms with Crippen LogP contribution in [0.25, 0.3) is 0 Å². The Morgan fingerprint density at radius 3 is 2.65 bits per heavy atom. The molecule has 0 heterocycles. The summed E-state index contributed by atoms with van der Waals surface area (Å²) in [5.41, 5.74) is 6.85. The fourth-order valence-corrected chi connectivity index (χ4v) is 4.32. The lowest BCUT2D eigenvalue weighted by Crippen LogP contribution is -2.33. The number of nitrogens with two attached hydrogens (primary N) is 1. The van der Waals surface area contributed by atoms with E-state index in [1.54, 1.807) is 25.1 Å². The number of hydrogen-bond donors (Lipinski definition) is 2. The van der Waals surface area contributed by atoms with Gasteiger partial charge in [0.1, 0.15) is 4.99 Å². The number of hydrogen-bond acceptors (Lipinski definition) is 3. The third kappa shape index (κ3) is 3.37. The van der Waals surface area contributed by atoms with E-state index < -0.39 is 10.0 Å². The molecular formula is C14H20N2O2S2. The average molecular weight is 312 g/mol. The molecule has 4 nitrogen and oxygen atoms in total. The first-order valence-corrected chi connectivity index (χ1v) is 8.61. The molecule has 1 aliphatic rings. The molecule has 0 spiro atoms. The maximum atomic E-state index is 12.5. The van der Waals surface area contributed by atoms with Gasteiger partial charge in [0.15, 0.2) is 0 Å². The van der Waals surface area contributed by atoms with E-state index in [-0.39, 0.29) is 15.9 Å².